The average molecular weight is 463 g/mol. The van der Waals surface area contributed by atoms with Crippen molar-refractivity contribution in [2.24, 2.45) is 17.2 Å². The maximum absolute atomic E-state index is 12.6. The number of thioether (sulfide) groups is 1. The molecule has 0 aromatic heterocycles. The Morgan fingerprint density at radius 2 is 1.65 bits per heavy atom. The van der Waals surface area contributed by atoms with Crippen LogP contribution in [0.4, 0.5) is 0 Å². The first-order valence-electron chi connectivity index (χ1n) is 9.95. The highest BCUT2D eigenvalue weighted by Gasteiger charge is 2.26. The molecule has 31 heavy (non-hydrogen) atoms. The molecule has 0 aromatic rings. The fourth-order valence-electron chi connectivity index (χ4n) is 2.50. The van der Waals surface area contributed by atoms with E-state index in [1.807, 2.05) is 6.26 Å². The molecule has 3 atom stereocenters. The maximum Gasteiger partial charge on any atom is 0.326 e. The molecule has 0 aliphatic rings. The Morgan fingerprint density at radius 1 is 0.968 bits per heavy atom. The summed E-state index contributed by atoms with van der Waals surface area (Å²) in [6.45, 7) is 0.0130. The normalized spacial score (nSPS) is 13.5. The monoisotopic (exact) mass is 462 g/mol. The third-order valence-electron chi connectivity index (χ3n) is 4.29. The van der Waals surface area contributed by atoms with Gasteiger partial charge in [0.15, 0.2) is 0 Å². The van der Waals surface area contributed by atoms with Crippen LogP contribution in [0.15, 0.2) is 0 Å². The summed E-state index contributed by atoms with van der Waals surface area (Å²) in [5.74, 6) is -3.14. The molecule has 0 saturated carbocycles. The summed E-state index contributed by atoms with van der Waals surface area (Å²) in [6.07, 6.45) is 3.29. The molecule has 0 aliphatic carbocycles. The van der Waals surface area contributed by atoms with Gasteiger partial charge in [0.05, 0.1) is 12.6 Å². The average Bonchev–Trinajstić information content (AvgIpc) is 2.71. The molecule has 178 valence electrons. The van der Waals surface area contributed by atoms with Gasteiger partial charge < -0.3 is 38.3 Å². The number of carboxylic acids is 1. The van der Waals surface area contributed by atoms with Gasteiger partial charge in [-0.3, -0.25) is 19.2 Å². The van der Waals surface area contributed by atoms with Crippen molar-refractivity contribution in [2.75, 3.05) is 25.1 Å². The van der Waals surface area contributed by atoms with E-state index < -0.39 is 47.7 Å². The highest BCUT2D eigenvalue weighted by molar-refractivity contribution is 7.98. The second-order valence-corrected chi connectivity index (χ2v) is 7.90. The molecule has 13 heteroatoms. The van der Waals surface area contributed by atoms with Crippen LogP contribution in [0.25, 0.3) is 0 Å². The fourth-order valence-corrected chi connectivity index (χ4v) is 2.99. The van der Waals surface area contributed by atoms with Crippen molar-refractivity contribution in [3.63, 3.8) is 0 Å². The predicted molar refractivity (Wildman–Crippen MR) is 117 cm³/mol. The van der Waals surface area contributed by atoms with E-state index in [1.54, 1.807) is 11.8 Å². The van der Waals surface area contributed by atoms with Crippen LogP contribution in [-0.4, -0.2) is 77.9 Å². The summed E-state index contributed by atoms with van der Waals surface area (Å²) in [6, 6.07) is -3.11. The lowest BCUT2D eigenvalue weighted by Crippen LogP contribution is -2.53. The quantitative estimate of drug-likeness (QED) is 0.115. The molecule has 0 spiro atoms. The Bertz CT molecular complexity index is 620. The molecule has 0 heterocycles. The zero-order valence-corrected chi connectivity index (χ0v) is 18.5. The third-order valence-corrected chi connectivity index (χ3v) is 4.93. The molecule has 0 bridgehead atoms. The van der Waals surface area contributed by atoms with Crippen molar-refractivity contribution in [3.8, 4) is 0 Å². The summed E-state index contributed by atoms with van der Waals surface area (Å²) in [4.78, 5) is 58.9. The molecular formula is C18H34N6O6S. The van der Waals surface area contributed by atoms with E-state index in [-0.39, 0.29) is 25.8 Å². The molecule has 3 unspecified atom stereocenters. The zero-order valence-electron chi connectivity index (χ0n) is 17.7. The molecule has 0 fully saturated rings. The van der Waals surface area contributed by atoms with E-state index in [0.29, 0.717) is 31.6 Å². The zero-order chi connectivity index (χ0) is 23.8. The first kappa shape index (κ1) is 28.6. The molecule has 12 nitrogen and oxygen atoms in total. The van der Waals surface area contributed by atoms with E-state index in [0.717, 1.165) is 0 Å². The topological polar surface area (TPSA) is 220 Å². The highest BCUT2D eigenvalue weighted by atomic mass is 32.2. The van der Waals surface area contributed by atoms with Crippen LogP contribution >= 0.6 is 11.8 Å². The van der Waals surface area contributed by atoms with Crippen LogP contribution in [0.3, 0.4) is 0 Å². The van der Waals surface area contributed by atoms with E-state index in [1.165, 1.54) is 0 Å². The molecular weight excluding hydrogens is 428 g/mol. The number of carboxylic acid groups (broad SMARTS) is 1. The lowest BCUT2D eigenvalue weighted by atomic mass is 10.1. The minimum Gasteiger partial charge on any atom is -0.480 e. The number of primary amides is 1. The van der Waals surface area contributed by atoms with Gasteiger partial charge in [0.1, 0.15) is 12.1 Å². The first-order chi connectivity index (χ1) is 14.6. The van der Waals surface area contributed by atoms with Gasteiger partial charge in [0, 0.05) is 6.42 Å². The lowest BCUT2D eigenvalue weighted by Gasteiger charge is -2.21. The smallest absolute Gasteiger partial charge is 0.326 e. The van der Waals surface area contributed by atoms with Gasteiger partial charge in [-0.2, -0.15) is 11.8 Å². The standard InChI is InChI=1S/C18H34N6O6S/c1-31-9-7-11(20)16(27)22-10-15(26)23-12(4-2-3-8-19)17(28)24-13(18(29)30)5-6-14(21)25/h11-13H,2-10,19-20H2,1H3,(H2,21,25)(H,22,27)(H,23,26)(H,24,28)(H,29,30). The van der Waals surface area contributed by atoms with E-state index in [9.17, 15) is 29.1 Å². The van der Waals surface area contributed by atoms with Crippen LogP contribution in [0.1, 0.15) is 38.5 Å². The van der Waals surface area contributed by atoms with Crippen LogP contribution in [0, 0.1) is 0 Å². The highest BCUT2D eigenvalue weighted by Crippen LogP contribution is 2.04. The van der Waals surface area contributed by atoms with E-state index in [2.05, 4.69) is 16.0 Å². The number of amides is 4. The SMILES string of the molecule is CSCCC(N)C(=O)NCC(=O)NC(CCCCN)C(=O)NC(CCC(N)=O)C(=O)O. The number of hydrogen-bond acceptors (Lipinski definition) is 8. The van der Waals surface area contributed by atoms with Gasteiger partial charge >= 0.3 is 5.97 Å². The number of nitrogens with one attached hydrogen (secondary N) is 3. The lowest BCUT2D eigenvalue weighted by molar-refractivity contribution is -0.142. The number of rotatable bonds is 17. The van der Waals surface area contributed by atoms with Crippen molar-refractivity contribution in [3.05, 3.63) is 0 Å². The van der Waals surface area contributed by atoms with Gasteiger partial charge in [0.25, 0.3) is 0 Å². The summed E-state index contributed by atoms with van der Waals surface area (Å²) in [7, 11) is 0. The molecule has 4 amide bonds. The van der Waals surface area contributed by atoms with Gasteiger partial charge in [-0.25, -0.2) is 4.79 Å². The Hall–Kier alpha value is -2.38. The molecule has 0 radical (unpaired) electrons. The van der Waals surface area contributed by atoms with Crippen molar-refractivity contribution in [1.82, 2.24) is 16.0 Å². The predicted octanol–water partition coefficient (Wildman–Crippen LogP) is -2.37. The Kier molecular flexibility index (Phi) is 15.1. The largest absolute Gasteiger partial charge is 0.480 e. The maximum atomic E-state index is 12.6. The van der Waals surface area contributed by atoms with Crippen LogP contribution in [0.5, 0.6) is 0 Å². The van der Waals surface area contributed by atoms with Crippen molar-refractivity contribution in [2.45, 2.75) is 56.7 Å². The number of nitrogens with two attached hydrogens (primary N) is 3. The van der Waals surface area contributed by atoms with Gasteiger partial charge in [0.2, 0.25) is 23.6 Å². The number of unbranched alkanes of at least 4 members (excludes halogenated alkanes) is 1. The molecule has 0 aliphatic heterocycles. The fraction of sp³-hybridized carbons (Fsp3) is 0.722. The summed E-state index contributed by atoms with van der Waals surface area (Å²) >= 11 is 1.54. The van der Waals surface area contributed by atoms with Crippen LogP contribution in [0.2, 0.25) is 0 Å². The van der Waals surface area contributed by atoms with Crippen molar-refractivity contribution in [1.29, 1.82) is 0 Å². The molecule has 0 aromatic carbocycles. The number of hydrogen-bond donors (Lipinski definition) is 7. The van der Waals surface area contributed by atoms with Gasteiger partial charge in [-0.15, -0.1) is 0 Å². The van der Waals surface area contributed by atoms with Gasteiger partial charge in [-0.05, 0) is 50.7 Å². The first-order valence-corrected chi connectivity index (χ1v) is 11.3. The van der Waals surface area contributed by atoms with E-state index in [4.69, 9.17) is 17.2 Å². The summed E-state index contributed by atoms with van der Waals surface area (Å²) in [5, 5.41) is 16.4. The number of aliphatic carboxylic acids is 1. The number of carbonyl (C=O) groups excluding carboxylic acids is 4. The summed E-state index contributed by atoms with van der Waals surface area (Å²) in [5.41, 5.74) is 16.2. The van der Waals surface area contributed by atoms with Crippen LogP contribution < -0.4 is 33.2 Å². The molecule has 0 saturated heterocycles. The molecule has 10 N–H and O–H groups in total. The second-order valence-electron chi connectivity index (χ2n) is 6.91. The van der Waals surface area contributed by atoms with Gasteiger partial charge in [-0.1, -0.05) is 0 Å². The second kappa shape index (κ2) is 16.3. The minimum absolute atomic E-state index is 0.177. The Morgan fingerprint density at radius 3 is 2.19 bits per heavy atom. The number of carbonyl (C=O) groups is 5. The van der Waals surface area contributed by atoms with Crippen molar-refractivity contribution >= 4 is 41.4 Å². The third kappa shape index (κ3) is 13.5. The van der Waals surface area contributed by atoms with Crippen LogP contribution in [-0.2, 0) is 24.0 Å². The Labute approximate surface area is 185 Å². The molecule has 0 rings (SSSR count). The van der Waals surface area contributed by atoms with Crippen molar-refractivity contribution < 1.29 is 29.1 Å². The minimum atomic E-state index is -1.33. The summed E-state index contributed by atoms with van der Waals surface area (Å²) < 4.78 is 0. The van der Waals surface area contributed by atoms with E-state index >= 15 is 0 Å². The Balaban J connectivity index is 4.89.